The first kappa shape index (κ1) is 17.5. The van der Waals surface area contributed by atoms with Gasteiger partial charge in [-0.1, -0.05) is 56.3 Å². The minimum absolute atomic E-state index is 0.0287. The number of aliphatic hydroxyl groups excluding tert-OH is 1. The predicted octanol–water partition coefficient (Wildman–Crippen LogP) is 3.58. The second kappa shape index (κ2) is 8.14. The van der Waals surface area contributed by atoms with Crippen molar-refractivity contribution >= 4 is 0 Å². The summed E-state index contributed by atoms with van der Waals surface area (Å²) in [7, 11) is 0. The summed E-state index contributed by atoms with van der Waals surface area (Å²) in [5.74, 6) is 0.861. The fourth-order valence-electron chi connectivity index (χ4n) is 2.40. The third-order valence-electron chi connectivity index (χ3n) is 4.37. The molecule has 0 aromatic heterocycles. The van der Waals surface area contributed by atoms with Crippen LogP contribution in [0.15, 0.2) is 54.6 Å². The highest BCUT2D eigenvalue weighted by Gasteiger charge is 2.29. The summed E-state index contributed by atoms with van der Waals surface area (Å²) in [4.78, 5) is 0. The minimum atomic E-state index is -1.01. The molecule has 124 valence electrons. The van der Waals surface area contributed by atoms with Gasteiger partial charge in [0.2, 0.25) is 0 Å². The zero-order valence-electron chi connectivity index (χ0n) is 13.9. The van der Waals surface area contributed by atoms with Crippen LogP contribution in [0.1, 0.15) is 31.4 Å². The molecule has 1 atom stereocenters. The smallest absolute Gasteiger partial charge is 0.119 e. The summed E-state index contributed by atoms with van der Waals surface area (Å²) in [6, 6.07) is 18.0. The van der Waals surface area contributed by atoms with Gasteiger partial charge in [0.15, 0.2) is 0 Å². The van der Waals surface area contributed by atoms with Crippen LogP contribution in [0, 0.1) is 5.92 Å². The van der Waals surface area contributed by atoms with Gasteiger partial charge in [-0.2, -0.15) is 0 Å². The molecular weight excluding hydrogens is 288 g/mol. The van der Waals surface area contributed by atoms with Crippen LogP contribution in [0.2, 0.25) is 0 Å². The summed E-state index contributed by atoms with van der Waals surface area (Å²) < 4.78 is 5.76. The summed E-state index contributed by atoms with van der Waals surface area (Å²) in [5.41, 5.74) is 1.26. The zero-order valence-corrected chi connectivity index (χ0v) is 13.9. The van der Waals surface area contributed by atoms with Gasteiger partial charge in [-0.3, -0.25) is 0 Å². The lowest BCUT2D eigenvalue weighted by Gasteiger charge is -2.30. The van der Waals surface area contributed by atoms with E-state index in [0.717, 1.165) is 23.3 Å². The second-order valence-corrected chi connectivity index (χ2v) is 6.33. The van der Waals surface area contributed by atoms with Crippen LogP contribution in [0.5, 0.6) is 5.75 Å². The largest absolute Gasteiger partial charge is 0.489 e. The maximum Gasteiger partial charge on any atom is 0.119 e. The molecule has 0 spiro atoms. The molecule has 0 aliphatic carbocycles. The third kappa shape index (κ3) is 5.08. The molecule has 2 rings (SSSR count). The van der Waals surface area contributed by atoms with Crippen molar-refractivity contribution in [1.82, 2.24) is 0 Å². The number of ether oxygens (including phenoxy) is 1. The molecule has 2 aromatic carbocycles. The number of rotatable bonds is 8. The Bertz CT molecular complexity index is 578. The summed E-state index contributed by atoms with van der Waals surface area (Å²) >= 11 is 0. The van der Waals surface area contributed by atoms with Gasteiger partial charge < -0.3 is 14.9 Å². The molecule has 0 aliphatic rings. The second-order valence-electron chi connectivity index (χ2n) is 6.33. The lowest BCUT2D eigenvalue weighted by Crippen LogP contribution is -2.39. The highest BCUT2D eigenvalue weighted by molar-refractivity contribution is 5.28. The van der Waals surface area contributed by atoms with E-state index in [1.807, 2.05) is 68.4 Å². The van der Waals surface area contributed by atoms with Gasteiger partial charge in [0, 0.05) is 0 Å². The highest BCUT2D eigenvalue weighted by atomic mass is 16.5. The molecule has 3 heteroatoms. The Balaban J connectivity index is 1.87. The van der Waals surface area contributed by atoms with Crippen molar-refractivity contribution < 1.29 is 14.9 Å². The molecule has 0 saturated heterocycles. The van der Waals surface area contributed by atoms with Crippen molar-refractivity contribution in [2.75, 3.05) is 6.61 Å². The first-order valence-corrected chi connectivity index (χ1v) is 8.12. The van der Waals surface area contributed by atoms with Gasteiger partial charge in [0.25, 0.3) is 0 Å². The first-order valence-electron chi connectivity index (χ1n) is 8.12. The number of hydrogen-bond donors (Lipinski definition) is 2. The molecule has 0 amide bonds. The topological polar surface area (TPSA) is 49.7 Å². The van der Waals surface area contributed by atoms with Crippen LogP contribution >= 0.6 is 0 Å². The maximum absolute atomic E-state index is 10.3. The van der Waals surface area contributed by atoms with E-state index in [9.17, 15) is 10.2 Å². The quantitative estimate of drug-likeness (QED) is 0.783. The Morgan fingerprint density at radius 3 is 2.17 bits per heavy atom. The molecule has 0 bridgehead atoms. The Morgan fingerprint density at radius 2 is 1.61 bits per heavy atom. The first-order chi connectivity index (χ1) is 11.0. The number of aryl methyl sites for hydroxylation is 1. The molecule has 23 heavy (non-hydrogen) atoms. The molecule has 3 nitrogen and oxygen atoms in total. The Labute approximate surface area is 138 Å². The van der Waals surface area contributed by atoms with E-state index in [1.54, 1.807) is 0 Å². The van der Waals surface area contributed by atoms with E-state index >= 15 is 0 Å². The van der Waals surface area contributed by atoms with E-state index in [0.29, 0.717) is 13.0 Å². The standard InChI is InChI=1S/C20H26O3/c1-16(2)20(22,15-21)13-12-17-8-10-19(11-9-17)23-14-18-6-4-3-5-7-18/h3-11,16,21-22H,12-15H2,1-2H3/t20-/m0/s1. The molecule has 2 N–H and O–H groups in total. The molecule has 2 aromatic rings. The van der Waals surface area contributed by atoms with Crippen LogP contribution in [0.25, 0.3) is 0 Å². The van der Waals surface area contributed by atoms with Crippen LogP contribution in [-0.4, -0.2) is 22.4 Å². The molecule has 0 unspecified atom stereocenters. The van der Waals surface area contributed by atoms with Crippen molar-refractivity contribution in [2.24, 2.45) is 5.92 Å². The van der Waals surface area contributed by atoms with Gasteiger partial charge in [0.05, 0.1) is 12.2 Å². The molecule has 0 fully saturated rings. The number of benzene rings is 2. The maximum atomic E-state index is 10.3. The van der Waals surface area contributed by atoms with Crippen molar-refractivity contribution in [3.8, 4) is 5.75 Å². The normalized spacial score (nSPS) is 13.8. The molecule has 0 radical (unpaired) electrons. The fourth-order valence-corrected chi connectivity index (χ4v) is 2.40. The van der Waals surface area contributed by atoms with E-state index in [4.69, 9.17) is 4.74 Å². The fraction of sp³-hybridized carbons (Fsp3) is 0.400. The van der Waals surface area contributed by atoms with Gasteiger partial charge in [-0.05, 0) is 42.0 Å². The molecule has 0 heterocycles. The van der Waals surface area contributed by atoms with E-state index in [1.165, 1.54) is 0 Å². The van der Waals surface area contributed by atoms with E-state index < -0.39 is 5.60 Å². The van der Waals surface area contributed by atoms with Crippen LogP contribution in [0.3, 0.4) is 0 Å². The van der Waals surface area contributed by atoms with Crippen LogP contribution < -0.4 is 4.74 Å². The monoisotopic (exact) mass is 314 g/mol. The Kier molecular flexibility index (Phi) is 6.20. The van der Waals surface area contributed by atoms with Crippen LogP contribution in [-0.2, 0) is 13.0 Å². The van der Waals surface area contributed by atoms with E-state index in [2.05, 4.69) is 0 Å². The van der Waals surface area contributed by atoms with E-state index in [-0.39, 0.29) is 12.5 Å². The average molecular weight is 314 g/mol. The Morgan fingerprint density at radius 1 is 0.957 bits per heavy atom. The molecule has 0 aliphatic heterocycles. The van der Waals surface area contributed by atoms with Gasteiger partial charge in [0.1, 0.15) is 12.4 Å². The minimum Gasteiger partial charge on any atom is -0.489 e. The lowest BCUT2D eigenvalue weighted by atomic mass is 9.85. The van der Waals surface area contributed by atoms with Crippen LogP contribution in [0.4, 0.5) is 0 Å². The number of aliphatic hydroxyl groups is 2. The number of hydrogen-bond acceptors (Lipinski definition) is 3. The van der Waals surface area contributed by atoms with Gasteiger partial charge >= 0.3 is 0 Å². The zero-order chi connectivity index (χ0) is 16.7. The van der Waals surface area contributed by atoms with Crippen molar-refractivity contribution in [1.29, 1.82) is 0 Å². The summed E-state index contributed by atoms with van der Waals surface area (Å²) in [5, 5.41) is 19.7. The SMILES string of the molecule is CC(C)[C@@](O)(CO)CCc1ccc(OCc2ccccc2)cc1. The third-order valence-corrected chi connectivity index (χ3v) is 4.37. The summed E-state index contributed by atoms with van der Waals surface area (Å²) in [6.45, 7) is 4.20. The average Bonchev–Trinajstić information content (AvgIpc) is 2.59. The lowest BCUT2D eigenvalue weighted by molar-refractivity contribution is -0.0570. The summed E-state index contributed by atoms with van der Waals surface area (Å²) in [6.07, 6.45) is 1.28. The molecular formula is C20H26O3. The molecule has 0 saturated carbocycles. The Hall–Kier alpha value is -1.84. The van der Waals surface area contributed by atoms with Gasteiger partial charge in [-0.15, -0.1) is 0 Å². The van der Waals surface area contributed by atoms with Crippen molar-refractivity contribution in [2.45, 2.75) is 38.9 Å². The van der Waals surface area contributed by atoms with Crippen molar-refractivity contribution in [3.05, 3.63) is 65.7 Å². The highest BCUT2D eigenvalue weighted by Crippen LogP contribution is 2.23. The predicted molar refractivity (Wildman–Crippen MR) is 92.4 cm³/mol. The van der Waals surface area contributed by atoms with Gasteiger partial charge in [-0.25, -0.2) is 0 Å². The van der Waals surface area contributed by atoms with Crippen molar-refractivity contribution in [3.63, 3.8) is 0 Å².